The summed E-state index contributed by atoms with van der Waals surface area (Å²) in [6.45, 7) is 3.41. The van der Waals surface area contributed by atoms with Crippen molar-refractivity contribution >= 4 is 12.0 Å². The van der Waals surface area contributed by atoms with E-state index in [1.165, 1.54) is 0 Å². The van der Waals surface area contributed by atoms with Crippen molar-refractivity contribution in [3.05, 3.63) is 0 Å². The number of aliphatic carboxylic acids is 1. The number of nitrogens with zero attached hydrogens (tertiary/aromatic N) is 2. The summed E-state index contributed by atoms with van der Waals surface area (Å²) in [5.74, 6) is -0.872. The van der Waals surface area contributed by atoms with E-state index >= 15 is 0 Å². The molecular formula is C13H22N2O3. The van der Waals surface area contributed by atoms with Crippen LogP contribution in [0.3, 0.4) is 0 Å². The number of urea groups is 1. The molecule has 2 aliphatic heterocycles. The topological polar surface area (TPSA) is 60.9 Å². The molecule has 2 aliphatic rings. The molecule has 18 heavy (non-hydrogen) atoms. The SMILES string of the molecule is CC1CCCCCN1C(=O)N1CCC[C@@H]1C(=O)O. The Balaban J connectivity index is 2.07. The van der Waals surface area contributed by atoms with Gasteiger partial charge in [0.05, 0.1) is 0 Å². The molecule has 0 radical (unpaired) electrons. The van der Waals surface area contributed by atoms with Crippen LogP contribution in [0.15, 0.2) is 0 Å². The van der Waals surface area contributed by atoms with Crippen LogP contribution in [0.5, 0.6) is 0 Å². The van der Waals surface area contributed by atoms with Crippen LogP contribution >= 0.6 is 0 Å². The number of hydrogen-bond acceptors (Lipinski definition) is 2. The van der Waals surface area contributed by atoms with Gasteiger partial charge in [-0.3, -0.25) is 0 Å². The largest absolute Gasteiger partial charge is 0.480 e. The lowest BCUT2D eigenvalue weighted by Gasteiger charge is -2.33. The van der Waals surface area contributed by atoms with E-state index in [4.69, 9.17) is 5.11 Å². The Hall–Kier alpha value is -1.26. The Labute approximate surface area is 108 Å². The smallest absolute Gasteiger partial charge is 0.326 e. The summed E-state index contributed by atoms with van der Waals surface area (Å²) in [6, 6.07) is -0.461. The minimum Gasteiger partial charge on any atom is -0.480 e. The van der Waals surface area contributed by atoms with Crippen molar-refractivity contribution in [2.45, 2.75) is 57.5 Å². The first-order valence-corrected chi connectivity index (χ1v) is 6.91. The number of likely N-dealkylation sites (tertiary alicyclic amines) is 2. The Morgan fingerprint density at radius 2 is 1.72 bits per heavy atom. The molecule has 1 unspecified atom stereocenters. The third-order valence-corrected chi connectivity index (χ3v) is 4.08. The summed E-state index contributed by atoms with van der Waals surface area (Å²) < 4.78 is 0. The van der Waals surface area contributed by atoms with Crippen molar-refractivity contribution in [2.75, 3.05) is 13.1 Å². The molecular weight excluding hydrogens is 232 g/mol. The molecule has 0 saturated carbocycles. The van der Waals surface area contributed by atoms with Crippen molar-refractivity contribution in [1.82, 2.24) is 9.80 Å². The summed E-state index contributed by atoms with van der Waals surface area (Å²) in [6.07, 6.45) is 5.76. The van der Waals surface area contributed by atoms with Crippen LogP contribution in [0.1, 0.15) is 45.4 Å². The van der Waals surface area contributed by atoms with Crippen molar-refractivity contribution < 1.29 is 14.7 Å². The maximum absolute atomic E-state index is 12.5. The van der Waals surface area contributed by atoms with Gasteiger partial charge in [0.25, 0.3) is 0 Å². The molecule has 2 rings (SSSR count). The van der Waals surface area contributed by atoms with E-state index in [1.807, 2.05) is 4.90 Å². The summed E-state index contributed by atoms with van der Waals surface area (Å²) in [5.41, 5.74) is 0. The standard InChI is InChI=1S/C13H22N2O3/c1-10-6-3-2-4-8-14(10)13(18)15-9-5-7-11(15)12(16)17/h10-11H,2-9H2,1H3,(H,16,17)/t10?,11-/m1/s1. The molecule has 2 saturated heterocycles. The average molecular weight is 254 g/mol. The van der Waals surface area contributed by atoms with E-state index in [0.29, 0.717) is 13.0 Å². The van der Waals surface area contributed by atoms with Crippen molar-refractivity contribution in [1.29, 1.82) is 0 Å². The zero-order chi connectivity index (χ0) is 13.1. The molecule has 2 heterocycles. The highest BCUT2D eigenvalue weighted by Gasteiger charge is 2.37. The predicted molar refractivity (Wildman–Crippen MR) is 67.4 cm³/mol. The van der Waals surface area contributed by atoms with Crippen molar-refractivity contribution in [2.24, 2.45) is 0 Å². The van der Waals surface area contributed by atoms with E-state index in [0.717, 1.165) is 38.6 Å². The number of carbonyl (C=O) groups excluding carboxylic acids is 1. The van der Waals surface area contributed by atoms with Crippen LogP contribution < -0.4 is 0 Å². The maximum Gasteiger partial charge on any atom is 0.326 e. The third-order valence-electron chi connectivity index (χ3n) is 4.08. The van der Waals surface area contributed by atoms with Gasteiger partial charge in [0.2, 0.25) is 0 Å². The second kappa shape index (κ2) is 5.59. The lowest BCUT2D eigenvalue weighted by Crippen LogP contribution is -2.50. The second-order valence-electron chi connectivity index (χ2n) is 5.36. The van der Waals surface area contributed by atoms with Gasteiger partial charge in [-0.25, -0.2) is 9.59 Å². The second-order valence-corrected chi connectivity index (χ2v) is 5.36. The molecule has 1 N–H and O–H groups in total. The number of carboxylic acids is 1. The van der Waals surface area contributed by atoms with Gasteiger partial charge in [0, 0.05) is 19.1 Å². The third kappa shape index (κ3) is 2.60. The molecule has 0 spiro atoms. The Morgan fingerprint density at radius 1 is 1.00 bits per heavy atom. The van der Waals surface area contributed by atoms with Crippen LogP contribution in [0.2, 0.25) is 0 Å². The van der Waals surface area contributed by atoms with E-state index in [2.05, 4.69) is 6.92 Å². The van der Waals surface area contributed by atoms with E-state index < -0.39 is 12.0 Å². The Bertz CT molecular complexity index is 332. The highest BCUT2D eigenvalue weighted by atomic mass is 16.4. The number of hydrogen-bond donors (Lipinski definition) is 1. The van der Waals surface area contributed by atoms with E-state index in [1.54, 1.807) is 4.90 Å². The van der Waals surface area contributed by atoms with Crippen LogP contribution in [-0.4, -0.2) is 52.1 Å². The molecule has 0 aliphatic carbocycles. The highest BCUT2D eigenvalue weighted by Crippen LogP contribution is 2.23. The lowest BCUT2D eigenvalue weighted by atomic mass is 10.1. The Morgan fingerprint density at radius 3 is 2.44 bits per heavy atom. The molecule has 5 nitrogen and oxygen atoms in total. The summed E-state index contributed by atoms with van der Waals surface area (Å²) >= 11 is 0. The Kier molecular flexibility index (Phi) is 4.09. The molecule has 0 bridgehead atoms. The number of carbonyl (C=O) groups is 2. The zero-order valence-electron chi connectivity index (χ0n) is 11.0. The zero-order valence-corrected chi connectivity index (χ0v) is 11.0. The quantitative estimate of drug-likeness (QED) is 0.777. The fourth-order valence-corrected chi connectivity index (χ4v) is 2.98. The molecule has 0 aromatic heterocycles. The summed E-state index contributed by atoms with van der Waals surface area (Å²) in [7, 11) is 0. The number of amides is 2. The van der Waals surface area contributed by atoms with Crippen molar-refractivity contribution in [3.8, 4) is 0 Å². The first-order valence-electron chi connectivity index (χ1n) is 6.91. The average Bonchev–Trinajstić information content (AvgIpc) is 2.72. The number of rotatable bonds is 1. The first kappa shape index (κ1) is 13.2. The van der Waals surface area contributed by atoms with Crippen LogP contribution in [0, 0.1) is 0 Å². The molecule has 5 heteroatoms. The van der Waals surface area contributed by atoms with E-state index in [-0.39, 0.29) is 12.1 Å². The van der Waals surface area contributed by atoms with Gasteiger partial charge in [-0.2, -0.15) is 0 Å². The highest BCUT2D eigenvalue weighted by molar-refractivity contribution is 5.83. The van der Waals surface area contributed by atoms with Gasteiger partial charge < -0.3 is 14.9 Å². The summed E-state index contributed by atoms with van der Waals surface area (Å²) in [4.78, 5) is 27.0. The minimum atomic E-state index is -0.872. The van der Waals surface area contributed by atoms with Crippen LogP contribution in [-0.2, 0) is 4.79 Å². The van der Waals surface area contributed by atoms with Crippen LogP contribution in [0.4, 0.5) is 4.79 Å². The first-order chi connectivity index (χ1) is 8.61. The minimum absolute atomic E-state index is 0.0747. The fourth-order valence-electron chi connectivity index (χ4n) is 2.98. The molecule has 0 aromatic carbocycles. The fraction of sp³-hybridized carbons (Fsp3) is 0.846. The molecule has 102 valence electrons. The molecule has 2 atom stereocenters. The molecule has 2 fully saturated rings. The van der Waals surface area contributed by atoms with Crippen LogP contribution in [0.25, 0.3) is 0 Å². The van der Waals surface area contributed by atoms with Gasteiger partial charge in [0.1, 0.15) is 6.04 Å². The monoisotopic (exact) mass is 254 g/mol. The maximum atomic E-state index is 12.5. The van der Waals surface area contributed by atoms with Gasteiger partial charge in [0.15, 0.2) is 0 Å². The van der Waals surface area contributed by atoms with Gasteiger partial charge >= 0.3 is 12.0 Å². The van der Waals surface area contributed by atoms with Gasteiger partial charge in [-0.05, 0) is 32.6 Å². The van der Waals surface area contributed by atoms with E-state index in [9.17, 15) is 9.59 Å². The summed E-state index contributed by atoms with van der Waals surface area (Å²) in [5, 5.41) is 9.14. The number of carboxylic acid groups (broad SMARTS) is 1. The predicted octanol–water partition coefficient (Wildman–Crippen LogP) is 1.92. The lowest BCUT2D eigenvalue weighted by molar-refractivity contribution is -0.141. The van der Waals surface area contributed by atoms with Gasteiger partial charge in [-0.1, -0.05) is 12.8 Å². The van der Waals surface area contributed by atoms with Gasteiger partial charge in [-0.15, -0.1) is 0 Å². The molecule has 0 aromatic rings. The molecule has 2 amide bonds. The van der Waals surface area contributed by atoms with Crippen molar-refractivity contribution in [3.63, 3.8) is 0 Å². The normalized spacial score (nSPS) is 29.2.